The van der Waals surface area contributed by atoms with Gasteiger partial charge < -0.3 is 13.7 Å². The molecule has 1 saturated heterocycles. The molecule has 0 bridgehead atoms. The highest BCUT2D eigenvalue weighted by molar-refractivity contribution is 6.62. The molecule has 2 heterocycles. The van der Waals surface area contributed by atoms with Crippen molar-refractivity contribution in [3.63, 3.8) is 0 Å². The first-order valence-corrected chi connectivity index (χ1v) is 12.5. The molecular formula is C32H27BO3. The van der Waals surface area contributed by atoms with Gasteiger partial charge >= 0.3 is 7.12 Å². The van der Waals surface area contributed by atoms with Crippen LogP contribution in [-0.2, 0) is 9.31 Å². The van der Waals surface area contributed by atoms with E-state index in [-0.39, 0.29) is 18.3 Å². The fraction of sp³-hybridized carbons (Fsp3) is 0.188. The molecule has 5 aromatic carbocycles. The molecule has 3 nitrogen and oxygen atoms in total. The topological polar surface area (TPSA) is 31.6 Å². The Balaban J connectivity index is 1.29. The van der Waals surface area contributed by atoms with Gasteiger partial charge in [-0.25, -0.2) is 0 Å². The molecule has 1 fully saturated rings. The van der Waals surface area contributed by atoms with Crippen molar-refractivity contribution in [1.29, 1.82) is 0 Å². The van der Waals surface area contributed by atoms with Gasteiger partial charge in [-0.15, -0.1) is 0 Å². The summed E-state index contributed by atoms with van der Waals surface area (Å²) in [6, 6.07) is 32.3. The Morgan fingerprint density at radius 2 is 1.22 bits per heavy atom. The van der Waals surface area contributed by atoms with Crippen molar-refractivity contribution in [1.82, 2.24) is 0 Å². The Hall–Kier alpha value is -3.60. The second kappa shape index (κ2) is 7.46. The van der Waals surface area contributed by atoms with Crippen LogP contribution in [0.5, 0.6) is 0 Å². The van der Waals surface area contributed by atoms with E-state index in [1.54, 1.807) is 0 Å². The van der Waals surface area contributed by atoms with E-state index in [0.717, 1.165) is 43.9 Å². The molecule has 0 radical (unpaired) electrons. The molecule has 6 aromatic rings. The van der Waals surface area contributed by atoms with E-state index in [1.807, 2.05) is 0 Å². The van der Waals surface area contributed by atoms with Crippen molar-refractivity contribution in [2.75, 3.05) is 0 Å². The molecule has 36 heavy (non-hydrogen) atoms. The van der Waals surface area contributed by atoms with E-state index in [1.165, 1.54) is 16.2 Å². The first kappa shape index (κ1) is 21.7. The second-order valence-corrected chi connectivity index (χ2v) is 10.9. The lowest BCUT2D eigenvalue weighted by atomic mass is 9.78. The molecule has 0 amide bonds. The number of benzene rings is 5. The average molecular weight is 470 g/mol. The predicted molar refractivity (Wildman–Crippen MR) is 150 cm³/mol. The highest BCUT2D eigenvalue weighted by atomic mass is 16.7. The lowest BCUT2D eigenvalue weighted by molar-refractivity contribution is 0.00578. The molecule has 0 spiro atoms. The minimum atomic E-state index is -0.353. The van der Waals surface area contributed by atoms with Crippen LogP contribution in [0.3, 0.4) is 0 Å². The minimum absolute atomic E-state index is 0.347. The fourth-order valence-electron chi connectivity index (χ4n) is 5.24. The van der Waals surface area contributed by atoms with Crippen LogP contribution in [0.2, 0.25) is 0 Å². The van der Waals surface area contributed by atoms with Crippen LogP contribution in [0.1, 0.15) is 27.7 Å². The van der Waals surface area contributed by atoms with Crippen molar-refractivity contribution in [2.45, 2.75) is 38.9 Å². The van der Waals surface area contributed by atoms with Gasteiger partial charge in [-0.05, 0) is 90.8 Å². The summed E-state index contributed by atoms with van der Waals surface area (Å²) in [6.07, 6.45) is 0. The van der Waals surface area contributed by atoms with Crippen LogP contribution in [0.15, 0.2) is 95.4 Å². The molecular weight excluding hydrogens is 443 g/mol. The summed E-state index contributed by atoms with van der Waals surface area (Å²) in [7, 11) is -0.353. The molecule has 1 aliphatic rings. The van der Waals surface area contributed by atoms with Gasteiger partial charge in [-0.3, -0.25) is 0 Å². The van der Waals surface area contributed by atoms with Crippen molar-refractivity contribution in [2.24, 2.45) is 0 Å². The van der Waals surface area contributed by atoms with E-state index in [9.17, 15) is 0 Å². The van der Waals surface area contributed by atoms with Crippen molar-refractivity contribution < 1.29 is 13.7 Å². The van der Waals surface area contributed by atoms with Crippen LogP contribution in [0, 0.1) is 0 Å². The van der Waals surface area contributed by atoms with E-state index in [2.05, 4.69) is 119 Å². The van der Waals surface area contributed by atoms with Crippen LogP contribution in [-0.4, -0.2) is 18.3 Å². The lowest BCUT2D eigenvalue weighted by Crippen LogP contribution is -2.41. The maximum absolute atomic E-state index is 6.40. The molecule has 0 atom stereocenters. The lowest BCUT2D eigenvalue weighted by Gasteiger charge is -2.32. The molecule has 1 aromatic heterocycles. The maximum Gasteiger partial charge on any atom is 0.494 e. The standard InChI is InChI=1S/C32H27BO3/c1-31(2)32(3,4)36-33(35-31)25-13-9-20(10-14-25)23-12-16-29-28(19-23)26-15-11-24-17-21-7-5-6-8-22(21)18-27(24)30(26)34-29/h5-19H,1-4H3. The molecule has 0 N–H and O–H groups in total. The maximum atomic E-state index is 6.40. The Bertz CT molecular complexity index is 1780. The van der Waals surface area contributed by atoms with Gasteiger partial charge in [0.05, 0.1) is 11.2 Å². The molecule has 1 aliphatic heterocycles. The zero-order valence-electron chi connectivity index (χ0n) is 21.0. The summed E-state index contributed by atoms with van der Waals surface area (Å²) in [6.45, 7) is 8.32. The predicted octanol–water partition coefficient (Wildman–Crippen LogP) is 7.86. The molecule has 0 unspecified atom stereocenters. The second-order valence-electron chi connectivity index (χ2n) is 10.9. The Morgan fingerprint density at radius 3 is 1.94 bits per heavy atom. The van der Waals surface area contributed by atoms with Crippen LogP contribution < -0.4 is 5.46 Å². The first-order valence-electron chi connectivity index (χ1n) is 12.5. The Labute approximate surface area is 210 Å². The number of hydrogen-bond acceptors (Lipinski definition) is 3. The molecule has 4 heteroatoms. The van der Waals surface area contributed by atoms with Gasteiger partial charge in [0.1, 0.15) is 11.2 Å². The number of hydrogen-bond donors (Lipinski definition) is 0. The van der Waals surface area contributed by atoms with Gasteiger partial charge in [0.15, 0.2) is 0 Å². The number of rotatable bonds is 2. The molecule has 0 saturated carbocycles. The van der Waals surface area contributed by atoms with E-state index < -0.39 is 0 Å². The summed E-state index contributed by atoms with van der Waals surface area (Å²) < 4.78 is 18.8. The normalized spacial score (nSPS) is 17.1. The number of fused-ring (bicyclic) bond motifs is 6. The van der Waals surface area contributed by atoms with Gasteiger partial charge in [0.2, 0.25) is 0 Å². The van der Waals surface area contributed by atoms with Gasteiger partial charge in [-0.2, -0.15) is 0 Å². The van der Waals surface area contributed by atoms with Crippen molar-refractivity contribution in [3.05, 3.63) is 91.0 Å². The molecule has 176 valence electrons. The summed E-state index contributed by atoms with van der Waals surface area (Å²) in [4.78, 5) is 0. The van der Waals surface area contributed by atoms with Crippen LogP contribution in [0.25, 0.3) is 54.6 Å². The van der Waals surface area contributed by atoms with Gasteiger partial charge in [-0.1, -0.05) is 60.7 Å². The monoisotopic (exact) mass is 470 g/mol. The van der Waals surface area contributed by atoms with E-state index in [0.29, 0.717) is 0 Å². The highest BCUT2D eigenvalue weighted by Crippen LogP contribution is 2.38. The smallest absolute Gasteiger partial charge is 0.455 e. The Morgan fingerprint density at radius 1 is 0.556 bits per heavy atom. The van der Waals surface area contributed by atoms with E-state index >= 15 is 0 Å². The summed E-state index contributed by atoms with van der Waals surface area (Å²) in [5.41, 5.74) is 4.50. The number of furan rings is 1. The van der Waals surface area contributed by atoms with Gasteiger partial charge in [0, 0.05) is 16.2 Å². The zero-order chi connectivity index (χ0) is 24.7. The summed E-state index contributed by atoms with van der Waals surface area (Å²) in [5.74, 6) is 0. The highest BCUT2D eigenvalue weighted by Gasteiger charge is 2.51. The van der Waals surface area contributed by atoms with Crippen LogP contribution in [0.4, 0.5) is 0 Å². The van der Waals surface area contributed by atoms with E-state index in [4.69, 9.17) is 13.7 Å². The Kier molecular flexibility index (Phi) is 4.49. The minimum Gasteiger partial charge on any atom is -0.455 e. The SMILES string of the molecule is CC1(C)OB(c2ccc(-c3ccc4oc5c6cc7ccccc7cc6ccc5c4c3)cc2)OC1(C)C. The van der Waals surface area contributed by atoms with Gasteiger partial charge in [0.25, 0.3) is 0 Å². The molecule has 7 rings (SSSR count). The molecule has 0 aliphatic carbocycles. The third-order valence-corrected chi connectivity index (χ3v) is 8.09. The largest absolute Gasteiger partial charge is 0.494 e. The summed E-state index contributed by atoms with van der Waals surface area (Å²) in [5, 5.41) is 7.08. The third kappa shape index (κ3) is 3.22. The zero-order valence-corrected chi connectivity index (χ0v) is 21.0. The third-order valence-electron chi connectivity index (χ3n) is 8.09. The van der Waals surface area contributed by atoms with Crippen molar-refractivity contribution >= 4 is 56.1 Å². The van der Waals surface area contributed by atoms with Crippen LogP contribution >= 0.6 is 0 Å². The quantitative estimate of drug-likeness (QED) is 0.191. The first-order chi connectivity index (χ1) is 17.3. The van der Waals surface area contributed by atoms with Crippen molar-refractivity contribution in [3.8, 4) is 11.1 Å². The average Bonchev–Trinajstić information content (AvgIpc) is 3.35. The fourth-order valence-corrected chi connectivity index (χ4v) is 5.24. The summed E-state index contributed by atoms with van der Waals surface area (Å²) >= 11 is 0.